The van der Waals surface area contributed by atoms with E-state index < -0.39 is 0 Å². The third-order valence-electron chi connectivity index (χ3n) is 3.85. The van der Waals surface area contributed by atoms with E-state index >= 15 is 0 Å². The number of benzene rings is 2. The van der Waals surface area contributed by atoms with Crippen LogP contribution in [0.1, 0.15) is 17.0 Å². The Morgan fingerprint density at radius 1 is 1.17 bits per heavy atom. The third-order valence-corrected chi connectivity index (χ3v) is 3.85. The maximum absolute atomic E-state index is 9.52. The van der Waals surface area contributed by atoms with E-state index in [2.05, 4.69) is 10.3 Å². The Hall–Kier alpha value is -2.53. The SMILES string of the molecule is COc1ccc(CCNC(N)=NCC(CO)c2ccccc2)cc1. The van der Waals surface area contributed by atoms with Gasteiger partial charge in [-0.1, -0.05) is 42.5 Å². The molecule has 2 aromatic carbocycles. The second kappa shape index (κ2) is 9.57. The fourth-order valence-electron chi connectivity index (χ4n) is 2.39. The Labute approximate surface area is 143 Å². The van der Waals surface area contributed by atoms with Gasteiger partial charge in [0.2, 0.25) is 0 Å². The molecule has 0 aliphatic carbocycles. The minimum Gasteiger partial charge on any atom is -0.497 e. The summed E-state index contributed by atoms with van der Waals surface area (Å²) in [5.41, 5.74) is 8.17. The molecule has 24 heavy (non-hydrogen) atoms. The largest absolute Gasteiger partial charge is 0.497 e. The van der Waals surface area contributed by atoms with Gasteiger partial charge in [-0.3, -0.25) is 4.99 Å². The molecule has 0 aromatic heterocycles. The molecule has 0 aliphatic rings. The molecule has 128 valence electrons. The number of guanidine groups is 1. The Bertz CT molecular complexity index is 627. The summed E-state index contributed by atoms with van der Waals surface area (Å²) >= 11 is 0. The van der Waals surface area contributed by atoms with E-state index in [-0.39, 0.29) is 12.5 Å². The molecule has 0 spiro atoms. The van der Waals surface area contributed by atoms with E-state index in [0.717, 1.165) is 17.7 Å². The fraction of sp³-hybridized carbons (Fsp3) is 0.316. The van der Waals surface area contributed by atoms with Crippen LogP contribution in [0.2, 0.25) is 0 Å². The molecule has 0 aliphatic heterocycles. The topological polar surface area (TPSA) is 79.9 Å². The average molecular weight is 327 g/mol. The highest BCUT2D eigenvalue weighted by Gasteiger charge is 2.09. The zero-order valence-electron chi connectivity index (χ0n) is 14.0. The van der Waals surface area contributed by atoms with Gasteiger partial charge >= 0.3 is 0 Å². The lowest BCUT2D eigenvalue weighted by Gasteiger charge is -2.13. The summed E-state index contributed by atoms with van der Waals surface area (Å²) in [5, 5.41) is 12.6. The monoisotopic (exact) mass is 327 g/mol. The van der Waals surface area contributed by atoms with Crippen LogP contribution in [0.25, 0.3) is 0 Å². The number of aliphatic hydroxyl groups is 1. The molecule has 0 heterocycles. The minimum absolute atomic E-state index is 0.0341. The van der Waals surface area contributed by atoms with Crippen molar-refractivity contribution in [1.29, 1.82) is 0 Å². The molecular weight excluding hydrogens is 302 g/mol. The Balaban J connectivity index is 1.78. The number of methoxy groups -OCH3 is 1. The van der Waals surface area contributed by atoms with Crippen LogP contribution >= 0.6 is 0 Å². The van der Waals surface area contributed by atoms with Crippen LogP contribution in [0.3, 0.4) is 0 Å². The quantitative estimate of drug-likeness (QED) is 0.511. The van der Waals surface area contributed by atoms with Crippen LogP contribution in [-0.4, -0.2) is 37.9 Å². The van der Waals surface area contributed by atoms with E-state index in [1.807, 2.05) is 54.6 Å². The second-order valence-corrected chi connectivity index (χ2v) is 5.54. The lowest BCUT2D eigenvalue weighted by Crippen LogP contribution is -2.33. The van der Waals surface area contributed by atoms with Crippen LogP contribution in [-0.2, 0) is 6.42 Å². The van der Waals surface area contributed by atoms with Crippen LogP contribution in [0.15, 0.2) is 59.6 Å². The van der Waals surface area contributed by atoms with Crippen molar-refractivity contribution < 1.29 is 9.84 Å². The van der Waals surface area contributed by atoms with Crippen LogP contribution in [0, 0.1) is 0 Å². The van der Waals surface area contributed by atoms with E-state index in [0.29, 0.717) is 19.0 Å². The van der Waals surface area contributed by atoms with Crippen LogP contribution in [0.4, 0.5) is 0 Å². The van der Waals surface area contributed by atoms with Crippen molar-refractivity contribution in [2.75, 3.05) is 26.8 Å². The predicted octanol–water partition coefficient (Wildman–Crippen LogP) is 1.92. The first-order valence-corrected chi connectivity index (χ1v) is 8.05. The highest BCUT2D eigenvalue weighted by Crippen LogP contribution is 2.15. The molecule has 2 rings (SSSR count). The minimum atomic E-state index is -0.0341. The Morgan fingerprint density at radius 2 is 1.88 bits per heavy atom. The van der Waals surface area contributed by atoms with Crippen molar-refractivity contribution in [3.05, 3.63) is 65.7 Å². The van der Waals surface area contributed by atoms with Crippen molar-refractivity contribution >= 4 is 5.96 Å². The van der Waals surface area contributed by atoms with E-state index in [1.165, 1.54) is 5.56 Å². The van der Waals surface area contributed by atoms with Gasteiger partial charge in [-0.2, -0.15) is 0 Å². The molecular formula is C19H25N3O2. The van der Waals surface area contributed by atoms with Crippen LogP contribution < -0.4 is 15.8 Å². The van der Waals surface area contributed by atoms with Gasteiger partial charge in [0.25, 0.3) is 0 Å². The standard InChI is InChI=1S/C19H25N3O2/c1-24-18-9-7-15(8-10-18)11-12-21-19(20)22-13-17(14-23)16-5-3-2-4-6-16/h2-10,17,23H,11-14H2,1H3,(H3,20,21,22). The van der Waals surface area contributed by atoms with Crippen molar-refractivity contribution in [2.24, 2.45) is 10.7 Å². The molecule has 5 nitrogen and oxygen atoms in total. The summed E-state index contributed by atoms with van der Waals surface area (Å²) < 4.78 is 5.14. The normalized spacial score (nSPS) is 12.7. The highest BCUT2D eigenvalue weighted by molar-refractivity contribution is 5.77. The van der Waals surface area contributed by atoms with Gasteiger partial charge in [-0.05, 0) is 29.7 Å². The van der Waals surface area contributed by atoms with Gasteiger partial charge in [0, 0.05) is 12.5 Å². The summed E-state index contributed by atoms with van der Waals surface area (Å²) in [6, 6.07) is 17.8. The highest BCUT2D eigenvalue weighted by atomic mass is 16.5. The van der Waals surface area contributed by atoms with Gasteiger partial charge < -0.3 is 20.9 Å². The van der Waals surface area contributed by atoms with Crippen molar-refractivity contribution in [2.45, 2.75) is 12.3 Å². The van der Waals surface area contributed by atoms with E-state index in [4.69, 9.17) is 10.5 Å². The summed E-state index contributed by atoms with van der Waals surface area (Å²) in [7, 11) is 1.66. The molecule has 1 unspecified atom stereocenters. The molecule has 1 atom stereocenters. The van der Waals surface area contributed by atoms with Gasteiger partial charge in [-0.15, -0.1) is 0 Å². The number of nitrogens with one attached hydrogen (secondary N) is 1. The Morgan fingerprint density at radius 3 is 2.50 bits per heavy atom. The average Bonchev–Trinajstić information content (AvgIpc) is 2.64. The summed E-state index contributed by atoms with van der Waals surface area (Å²) in [6.07, 6.45) is 0.850. The Kier molecular flexibility index (Phi) is 7.11. The fourth-order valence-corrected chi connectivity index (χ4v) is 2.39. The first-order valence-electron chi connectivity index (χ1n) is 8.05. The number of hydrogen-bond donors (Lipinski definition) is 3. The number of nitrogens with two attached hydrogens (primary N) is 1. The summed E-state index contributed by atoms with van der Waals surface area (Å²) in [6.45, 7) is 1.21. The molecule has 0 radical (unpaired) electrons. The third kappa shape index (κ3) is 5.59. The predicted molar refractivity (Wildman–Crippen MR) is 97.5 cm³/mol. The number of ether oxygens (including phenoxy) is 1. The number of rotatable bonds is 8. The first kappa shape index (κ1) is 17.8. The molecule has 0 fully saturated rings. The molecule has 0 amide bonds. The smallest absolute Gasteiger partial charge is 0.188 e. The summed E-state index contributed by atoms with van der Waals surface area (Å²) in [5.74, 6) is 1.22. The molecule has 2 aromatic rings. The maximum atomic E-state index is 9.52. The van der Waals surface area contributed by atoms with Crippen molar-refractivity contribution in [3.63, 3.8) is 0 Å². The second-order valence-electron chi connectivity index (χ2n) is 5.54. The van der Waals surface area contributed by atoms with Gasteiger partial charge in [0.1, 0.15) is 5.75 Å². The number of nitrogens with zero attached hydrogens (tertiary/aromatic N) is 1. The van der Waals surface area contributed by atoms with Gasteiger partial charge in [0.15, 0.2) is 5.96 Å². The number of hydrogen-bond acceptors (Lipinski definition) is 3. The maximum Gasteiger partial charge on any atom is 0.188 e. The number of aliphatic imine (C=N–C) groups is 1. The molecule has 5 heteroatoms. The van der Waals surface area contributed by atoms with Gasteiger partial charge in [-0.25, -0.2) is 0 Å². The van der Waals surface area contributed by atoms with Crippen LogP contribution in [0.5, 0.6) is 5.75 Å². The molecule has 4 N–H and O–H groups in total. The molecule has 0 bridgehead atoms. The van der Waals surface area contributed by atoms with Crippen molar-refractivity contribution in [1.82, 2.24) is 5.32 Å². The lowest BCUT2D eigenvalue weighted by molar-refractivity contribution is 0.268. The van der Waals surface area contributed by atoms with E-state index in [1.54, 1.807) is 7.11 Å². The molecule has 0 saturated heterocycles. The van der Waals surface area contributed by atoms with Gasteiger partial charge in [0.05, 0.1) is 20.3 Å². The zero-order chi connectivity index (χ0) is 17.2. The summed E-state index contributed by atoms with van der Waals surface area (Å²) in [4.78, 5) is 4.33. The van der Waals surface area contributed by atoms with E-state index in [9.17, 15) is 5.11 Å². The first-order chi connectivity index (χ1) is 11.7. The molecule has 0 saturated carbocycles. The number of aliphatic hydroxyl groups excluding tert-OH is 1. The lowest BCUT2D eigenvalue weighted by atomic mass is 10.0. The van der Waals surface area contributed by atoms with Crippen molar-refractivity contribution in [3.8, 4) is 5.75 Å². The zero-order valence-corrected chi connectivity index (χ0v) is 14.0.